The maximum atomic E-state index is 12.0. The zero-order valence-electron chi connectivity index (χ0n) is 14.9. The largest absolute Gasteiger partial charge is 1.00 e. The molecular weight excluding hydrogens is 538 g/mol. The maximum absolute atomic E-state index is 12.0. The summed E-state index contributed by atoms with van der Waals surface area (Å²) in [6.45, 7) is 6.23. The predicted octanol–water partition coefficient (Wildman–Crippen LogP) is -5.53. The topological polar surface area (TPSA) is 65.3 Å². The predicted molar refractivity (Wildman–Crippen MR) is 82.5 cm³/mol. The second-order valence-electron chi connectivity index (χ2n) is 7.51. The monoisotopic (exact) mass is 566 g/mol. The summed E-state index contributed by atoms with van der Waals surface area (Å²) in [5, 5.41) is 7.23. The number of amides is 4. The molecule has 140 valence electrons. The molecule has 2 rings (SSSR count). The van der Waals surface area contributed by atoms with Gasteiger partial charge in [0.25, 0.3) is 0 Å². The Bertz CT molecular complexity index is 422. The van der Waals surface area contributed by atoms with Crippen LogP contribution in [0.4, 0.5) is 9.59 Å². The third kappa shape index (κ3) is 7.04. The molecule has 0 unspecified atom stereocenters. The highest BCUT2D eigenvalue weighted by molar-refractivity contribution is 5.79. The number of azo groups is 1. The van der Waals surface area contributed by atoms with Gasteiger partial charge in [-0.25, -0.2) is 9.59 Å². The second-order valence-corrected chi connectivity index (χ2v) is 7.51. The van der Waals surface area contributed by atoms with Gasteiger partial charge in [0.2, 0.25) is 0 Å². The lowest BCUT2D eigenvalue weighted by Crippen LogP contribution is -3.00. The molecule has 0 aliphatic carbocycles. The van der Waals surface area contributed by atoms with Crippen LogP contribution < -0.4 is 48.0 Å². The Morgan fingerprint density at radius 2 is 0.917 bits per heavy atom. The molecule has 8 nitrogen and oxygen atoms in total. The molecule has 0 saturated carbocycles. The van der Waals surface area contributed by atoms with Gasteiger partial charge in [0.1, 0.15) is 0 Å². The van der Waals surface area contributed by atoms with E-state index in [1.807, 2.05) is 0 Å². The van der Waals surface area contributed by atoms with Gasteiger partial charge < -0.3 is 66.7 Å². The zero-order valence-corrected chi connectivity index (χ0v) is 19.2. The quantitative estimate of drug-likeness (QED) is 0.167. The Labute approximate surface area is 178 Å². The van der Waals surface area contributed by atoms with Gasteiger partial charge in [-0.15, -0.1) is 0 Å². The molecule has 0 aromatic carbocycles. The van der Waals surface area contributed by atoms with Gasteiger partial charge >= 0.3 is 12.1 Å². The van der Waals surface area contributed by atoms with Crippen LogP contribution in [0.5, 0.6) is 0 Å². The molecule has 10 heteroatoms. The highest BCUT2D eigenvalue weighted by Gasteiger charge is 2.29. The number of carbonyl (C=O) groups excluding carboxylic acids is 2. The minimum Gasteiger partial charge on any atom is -1.00 e. The molecule has 0 N–H and O–H groups in total. The van der Waals surface area contributed by atoms with Crippen molar-refractivity contribution >= 4 is 12.1 Å². The molecule has 2 heterocycles. The fourth-order valence-electron chi connectivity index (χ4n) is 2.61. The summed E-state index contributed by atoms with van der Waals surface area (Å²) < 4.78 is 1.81. The van der Waals surface area contributed by atoms with E-state index < -0.39 is 12.1 Å². The number of likely N-dealkylation sites (N-methyl/N-ethyl adjacent to an activating group) is 2. The Morgan fingerprint density at radius 3 is 1.17 bits per heavy atom. The zero-order chi connectivity index (χ0) is 16.4. The van der Waals surface area contributed by atoms with E-state index in [1.54, 1.807) is 9.80 Å². The van der Waals surface area contributed by atoms with Gasteiger partial charge in [0, 0.05) is 0 Å². The SMILES string of the molecule is C[N+]1(C)CCN(C(=O)N=NC(=O)N2CC[N+](C)(C)CC2)CC1.[I-].[I-]. The van der Waals surface area contributed by atoms with Gasteiger partial charge in [0.15, 0.2) is 0 Å². The summed E-state index contributed by atoms with van der Waals surface area (Å²) in [4.78, 5) is 27.3. The number of nitrogens with zero attached hydrogens (tertiary/aromatic N) is 6. The van der Waals surface area contributed by atoms with Crippen LogP contribution in [0.2, 0.25) is 0 Å². The molecular formula is C14H28I2N6O2. The molecule has 0 atom stereocenters. The molecule has 2 aliphatic rings. The molecule has 0 spiro atoms. The van der Waals surface area contributed by atoms with Crippen molar-refractivity contribution < 1.29 is 66.5 Å². The van der Waals surface area contributed by atoms with Crippen LogP contribution in [-0.2, 0) is 0 Å². The first-order chi connectivity index (χ1) is 10.2. The maximum Gasteiger partial charge on any atom is 0.362 e. The summed E-state index contributed by atoms with van der Waals surface area (Å²) in [5.74, 6) is 0. The third-order valence-corrected chi connectivity index (χ3v) is 4.66. The molecule has 24 heavy (non-hydrogen) atoms. The summed E-state index contributed by atoms with van der Waals surface area (Å²) in [6, 6.07) is -0.803. The average Bonchev–Trinajstić information content (AvgIpc) is 2.44. The van der Waals surface area contributed by atoms with Crippen molar-refractivity contribution in [2.75, 3.05) is 80.5 Å². The molecule has 2 aliphatic heterocycles. The van der Waals surface area contributed by atoms with Crippen molar-refractivity contribution in [3.05, 3.63) is 0 Å². The van der Waals surface area contributed by atoms with E-state index in [2.05, 4.69) is 38.4 Å². The van der Waals surface area contributed by atoms with E-state index >= 15 is 0 Å². The summed E-state index contributed by atoms with van der Waals surface area (Å²) in [5.41, 5.74) is 0. The summed E-state index contributed by atoms with van der Waals surface area (Å²) in [7, 11) is 8.57. The summed E-state index contributed by atoms with van der Waals surface area (Å²) in [6.07, 6.45) is 0. The molecule has 4 amide bonds. The van der Waals surface area contributed by atoms with Crippen molar-refractivity contribution in [1.82, 2.24) is 9.80 Å². The first-order valence-corrected chi connectivity index (χ1v) is 7.82. The molecule has 2 saturated heterocycles. The van der Waals surface area contributed by atoms with Crippen molar-refractivity contribution in [2.45, 2.75) is 0 Å². The second kappa shape index (κ2) is 9.57. The van der Waals surface area contributed by atoms with Crippen LogP contribution in [0.1, 0.15) is 0 Å². The highest BCUT2D eigenvalue weighted by Crippen LogP contribution is 2.10. The van der Waals surface area contributed by atoms with Crippen LogP contribution in [0.3, 0.4) is 0 Å². The van der Waals surface area contributed by atoms with Crippen LogP contribution in [0.15, 0.2) is 10.2 Å². The Morgan fingerprint density at radius 1 is 0.667 bits per heavy atom. The fourth-order valence-corrected chi connectivity index (χ4v) is 2.61. The fraction of sp³-hybridized carbons (Fsp3) is 0.857. The van der Waals surface area contributed by atoms with E-state index in [-0.39, 0.29) is 48.0 Å². The lowest BCUT2D eigenvalue weighted by Gasteiger charge is -2.38. The van der Waals surface area contributed by atoms with Crippen molar-refractivity contribution in [2.24, 2.45) is 10.2 Å². The van der Waals surface area contributed by atoms with Crippen molar-refractivity contribution in [3.8, 4) is 0 Å². The molecule has 2 fully saturated rings. The van der Waals surface area contributed by atoms with Crippen LogP contribution >= 0.6 is 0 Å². The van der Waals surface area contributed by atoms with E-state index in [4.69, 9.17) is 0 Å². The molecule has 0 radical (unpaired) electrons. The number of halogens is 2. The minimum atomic E-state index is -0.402. The first kappa shape index (κ1) is 23.9. The normalized spacial score (nSPS) is 22.5. The van der Waals surface area contributed by atoms with E-state index in [0.717, 1.165) is 35.1 Å². The minimum absolute atomic E-state index is 0. The molecule has 0 bridgehead atoms. The number of piperazine rings is 2. The Balaban J connectivity index is 0.00000264. The number of quaternary nitrogens is 2. The average molecular weight is 566 g/mol. The number of rotatable bonds is 0. The lowest BCUT2D eigenvalue weighted by atomic mass is 10.3. The van der Waals surface area contributed by atoms with Crippen molar-refractivity contribution in [1.29, 1.82) is 0 Å². The first-order valence-electron chi connectivity index (χ1n) is 7.82. The van der Waals surface area contributed by atoms with Gasteiger partial charge in [-0.3, -0.25) is 0 Å². The van der Waals surface area contributed by atoms with Gasteiger partial charge in [-0.05, 0) is 0 Å². The van der Waals surface area contributed by atoms with E-state index in [9.17, 15) is 9.59 Å². The van der Waals surface area contributed by atoms with Gasteiger partial charge in [0.05, 0.1) is 80.5 Å². The highest BCUT2D eigenvalue weighted by atomic mass is 127. The van der Waals surface area contributed by atoms with Crippen LogP contribution in [0, 0.1) is 0 Å². The van der Waals surface area contributed by atoms with Crippen LogP contribution in [-0.4, -0.2) is 111 Å². The standard InChI is InChI=1S/C14H28N6O2.2HI/c1-19(2)9-5-17(6-10-19)13(21)15-16-14(22)18-7-11-20(3,4)12-8-18;;/h5-12H2,1-4H3;2*1H/q+2;;/p-2. The number of hydrogen-bond donors (Lipinski definition) is 0. The number of urea groups is 2. The Kier molecular flexibility index (Phi) is 9.54. The van der Waals surface area contributed by atoms with E-state index in [1.165, 1.54) is 0 Å². The Hall–Kier alpha value is -0.0800. The van der Waals surface area contributed by atoms with Gasteiger partial charge in [-0.2, -0.15) is 0 Å². The smallest absolute Gasteiger partial charge is 0.362 e. The number of carbonyl (C=O) groups is 2. The molecule has 0 aromatic rings. The van der Waals surface area contributed by atoms with Gasteiger partial charge in [-0.1, -0.05) is 10.2 Å². The lowest BCUT2D eigenvalue weighted by molar-refractivity contribution is -0.894. The number of hydrogen-bond acceptors (Lipinski definition) is 2. The van der Waals surface area contributed by atoms with E-state index in [0.29, 0.717) is 26.2 Å². The van der Waals surface area contributed by atoms with Crippen molar-refractivity contribution in [3.63, 3.8) is 0 Å². The van der Waals surface area contributed by atoms with Crippen LogP contribution in [0.25, 0.3) is 0 Å². The molecule has 0 aromatic heterocycles. The summed E-state index contributed by atoms with van der Waals surface area (Å²) >= 11 is 0. The third-order valence-electron chi connectivity index (χ3n) is 4.66.